The van der Waals surface area contributed by atoms with Gasteiger partial charge in [0.15, 0.2) is 0 Å². The maximum absolute atomic E-state index is 12.0. The highest BCUT2D eigenvalue weighted by Gasteiger charge is 2.11. The third-order valence-electron chi connectivity index (χ3n) is 3.36. The zero-order chi connectivity index (χ0) is 17.1. The molecule has 0 unspecified atom stereocenters. The van der Waals surface area contributed by atoms with E-state index in [2.05, 4.69) is 20.5 Å². The number of carbonyl (C=O) groups excluding carboxylic acids is 1. The molecule has 0 bridgehead atoms. The van der Waals surface area contributed by atoms with Crippen LogP contribution in [0.2, 0.25) is 10.0 Å². The van der Waals surface area contributed by atoms with Gasteiger partial charge >= 0.3 is 0 Å². The largest absolute Gasteiger partial charge is 0.292 e. The van der Waals surface area contributed by atoms with Crippen molar-refractivity contribution < 1.29 is 4.79 Å². The van der Waals surface area contributed by atoms with Crippen molar-refractivity contribution in [1.82, 2.24) is 24.5 Å². The number of amides is 1. The lowest BCUT2D eigenvalue weighted by Gasteiger charge is -2.04. The Balaban J connectivity index is 1.61. The second kappa shape index (κ2) is 7.02. The summed E-state index contributed by atoms with van der Waals surface area (Å²) in [5.41, 5.74) is 1.72. The number of halogens is 2. The Kier molecular flexibility index (Phi) is 4.82. The minimum absolute atomic E-state index is 0.0430. The Labute approximate surface area is 148 Å². The van der Waals surface area contributed by atoms with Crippen LogP contribution in [-0.4, -0.2) is 30.5 Å². The van der Waals surface area contributed by atoms with Crippen molar-refractivity contribution in [3.63, 3.8) is 0 Å². The van der Waals surface area contributed by atoms with Crippen LogP contribution in [0.15, 0.2) is 36.8 Å². The van der Waals surface area contributed by atoms with Crippen molar-refractivity contribution in [2.75, 3.05) is 5.32 Å². The summed E-state index contributed by atoms with van der Waals surface area (Å²) >= 11 is 11.9. The second-order valence-electron chi connectivity index (χ2n) is 5.18. The van der Waals surface area contributed by atoms with Crippen molar-refractivity contribution in [2.45, 2.75) is 20.0 Å². The Hall–Kier alpha value is -2.38. The van der Waals surface area contributed by atoms with Gasteiger partial charge < -0.3 is 0 Å². The summed E-state index contributed by atoms with van der Waals surface area (Å²) in [5, 5.41) is 12.1. The molecule has 9 heteroatoms. The SMILES string of the molecule is Cc1c(Cl)cnn1CC(=O)Nc1ncn(Cc2cccc(Cl)c2)n1. The van der Waals surface area contributed by atoms with Crippen LogP contribution in [-0.2, 0) is 17.9 Å². The Morgan fingerprint density at radius 2 is 2.17 bits per heavy atom. The van der Waals surface area contributed by atoms with Crippen LogP contribution in [0.25, 0.3) is 0 Å². The lowest BCUT2D eigenvalue weighted by Crippen LogP contribution is -2.21. The maximum atomic E-state index is 12.0. The van der Waals surface area contributed by atoms with Crippen LogP contribution in [0.3, 0.4) is 0 Å². The van der Waals surface area contributed by atoms with Gasteiger partial charge in [0.25, 0.3) is 0 Å². The third-order valence-corrected chi connectivity index (χ3v) is 3.96. The molecule has 2 heterocycles. The van der Waals surface area contributed by atoms with Gasteiger partial charge in [-0.1, -0.05) is 35.3 Å². The molecule has 2 aromatic heterocycles. The molecule has 0 atom stereocenters. The summed E-state index contributed by atoms with van der Waals surface area (Å²) < 4.78 is 3.14. The van der Waals surface area contributed by atoms with Crippen LogP contribution < -0.4 is 5.32 Å². The Morgan fingerprint density at radius 3 is 2.88 bits per heavy atom. The minimum atomic E-state index is -0.279. The number of hydrogen-bond donors (Lipinski definition) is 1. The van der Waals surface area contributed by atoms with Crippen LogP contribution in [0.4, 0.5) is 5.95 Å². The first-order valence-corrected chi connectivity index (χ1v) is 7.88. The van der Waals surface area contributed by atoms with Crippen LogP contribution in [0, 0.1) is 6.92 Å². The summed E-state index contributed by atoms with van der Waals surface area (Å²) in [5.74, 6) is -0.0451. The highest BCUT2D eigenvalue weighted by molar-refractivity contribution is 6.31. The average Bonchev–Trinajstić information content (AvgIpc) is 3.09. The number of anilines is 1. The fourth-order valence-corrected chi connectivity index (χ4v) is 2.49. The molecular weight excluding hydrogens is 351 g/mol. The molecule has 0 spiro atoms. The summed E-state index contributed by atoms with van der Waals surface area (Å²) in [4.78, 5) is 16.1. The average molecular weight is 365 g/mol. The van der Waals surface area contributed by atoms with Gasteiger partial charge in [-0.2, -0.15) is 5.10 Å². The molecule has 0 aliphatic heterocycles. The molecule has 3 rings (SSSR count). The van der Waals surface area contributed by atoms with E-state index in [9.17, 15) is 4.79 Å². The van der Waals surface area contributed by atoms with E-state index in [0.717, 1.165) is 11.3 Å². The van der Waals surface area contributed by atoms with Crippen molar-refractivity contribution in [3.8, 4) is 0 Å². The molecule has 0 aliphatic carbocycles. The molecule has 0 saturated heterocycles. The van der Waals surface area contributed by atoms with Gasteiger partial charge in [-0.15, -0.1) is 5.10 Å². The van der Waals surface area contributed by atoms with E-state index in [-0.39, 0.29) is 18.4 Å². The normalized spacial score (nSPS) is 10.8. The fourth-order valence-electron chi connectivity index (χ4n) is 2.13. The summed E-state index contributed by atoms with van der Waals surface area (Å²) in [7, 11) is 0. The van der Waals surface area contributed by atoms with E-state index in [1.165, 1.54) is 10.9 Å². The van der Waals surface area contributed by atoms with Crippen LogP contribution >= 0.6 is 23.2 Å². The predicted octanol–water partition coefficient (Wildman–Crippen LogP) is 2.78. The van der Waals surface area contributed by atoms with Gasteiger partial charge in [-0.05, 0) is 24.6 Å². The van der Waals surface area contributed by atoms with Gasteiger partial charge in [0.05, 0.1) is 23.5 Å². The highest BCUT2D eigenvalue weighted by Crippen LogP contribution is 2.13. The Bertz CT molecular complexity index is 872. The first kappa shape index (κ1) is 16.5. The molecule has 0 radical (unpaired) electrons. The summed E-state index contributed by atoms with van der Waals surface area (Å²) in [6.45, 7) is 2.35. The molecule has 3 aromatic rings. The molecule has 1 N–H and O–H groups in total. The summed E-state index contributed by atoms with van der Waals surface area (Å²) in [6, 6.07) is 7.47. The highest BCUT2D eigenvalue weighted by atomic mass is 35.5. The number of hydrogen-bond acceptors (Lipinski definition) is 4. The van der Waals surface area contributed by atoms with Gasteiger partial charge in [0.1, 0.15) is 12.9 Å². The zero-order valence-electron chi connectivity index (χ0n) is 12.8. The van der Waals surface area contributed by atoms with E-state index < -0.39 is 0 Å². The lowest BCUT2D eigenvalue weighted by molar-refractivity contribution is -0.117. The van der Waals surface area contributed by atoms with Crippen LogP contribution in [0.1, 0.15) is 11.3 Å². The number of rotatable bonds is 5. The quantitative estimate of drug-likeness (QED) is 0.754. The fraction of sp³-hybridized carbons (Fsp3) is 0.200. The molecule has 24 heavy (non-hydrogen) atoms. The van der Waals surface area contributed by atoms with Crippen LogP contribution in [0.5, 0.6) is 0 Å². The number of nitrogens with one attached hydrogen (secondary N) is 1. The second-order valence-corrected chi connectivity index (χ2v) is 6.02. The molecule has 0 fully saturated rings. The number of benzene rings is 1. The van der Waals surface area contributed by atoms with Gasteiger partial charge in [-0.3, -0.25) is 14.8 Å². The van der Waals surface area contributed by atoms with E-state index in [4.69, 9.17) is 23.2 Å². The number of nitrogens with zero attached hydrogens (tertiary/aromatic N) is 5. The van der Waals surface area contributed by atoms with Gasteiger partial charge in [0.2, 0.25) is 11.9 Å². The van der Waals surface area contributed by atoms with Gasteiger partial charge in [-0.25, -0.2) is 9.67 Å². The lowest BCUT2D eigenvalue weighted by atomic mass is 10.2. The molecule has 1 amide bonds. The summed E-state index contributed by atoms with van der Waals surface area (Å²) in [6.07, 6.45) is 3.05. The Morgan fingerprint density at radius 1 is 1.33 bits per heavy atom. The van der Waals surface area contributed by atoms with Crippen molar-refractivity contribution >= 4 is 35.1 Å². The van der Waals surface area contributed by atoms with E-state index in [1.807, 2.05) is 24.3 Å². The molecule has 1 aromatic carbocycles. The standard InChI is InChI=1S/C15H14Cl2N6O/c1-10-13(17)6-19-23(10)8-14(24)20-15-18-9-22(21-15)7-11-3-2-4-12(16)5-11/h2-6,9H,7-8H2,1H3,(H,20,21,24). The monoisotopic (exact) mass is 364 g/mol. The van der Waals surface area contributed by atoms with Gasteiger partial charge in [0, 0.05) is 5.02 Å². The van der Waals surface area contributed by atoms with E-state index in [0.29, 0.717) is 16.6 Å². The van der Waals surface area contributed by atoms with Crippen molar-refractivity contribution in [3.05, 3.63) is 58.1 Å². The smallest absolute Gasteiger partial charge is 0.248 e. The zero-order valence-corrected chi connectivity index (χ0v) is 14.3. The van der Waals surface area contributed by atoms with E-state index >= 15 is 0 Å². The first-order valence-electron chi connectivity index (χ1n) is 7.13. The number of aromatic nitrogens is 5. The molecule has 0 aliphatic rings. The van der Waals surface area contributed by atoms with Crippen molar-refractivity contribution in [1.29, 1.82) is 0 Å². The predicted molar refractivity (Wildman–Crippen MR) is 91.2 cm³/mol. The molecular formula is C15H14Cl2N6O. The number of carbonyl (C=O) groups is 1. The van der Waals surface area contributed by atoms with E-state index in [1.54, 1.807) is 17.9 Å². The first-order chi connectivity index (χ1) is 11.5. The third kappa shape index (κ3) is 3.93. The molecule has 7 nitrogen and oxygen atoms in total. The maximum Gasteiger partial charge on any atom is 0.248 e. The topological polar surface area (TPSA) is 77.6 Å². The molecule has 0 saturated carbocycles. The molecule has 124 valence electrons. The minimum Gasteiger partial charge on any atom is -0.292 e. The van der Waals surface area contributed by atoms with Crippen molar-refractivity contribution in [2.24, 2.45) is 0 Å².